The third-order valence-corrected chi connectivity index (χ3v) is 2.98. The number of nitrogens with one attached hydrogen (secondary N) is 1. The minimum atomic E-state index is 0.0814. The lowest BCUT2D eigenvalue weighted by Crippen LogP contribution is -2.22. The summed E-state index contributed by atoms with van der Waals surface area (Å²) < 4.78 is 4.97. The fraction of sp³-hybridized carbons (Fsp3) is 0.571. The van der Waals surface area contributed by atoms with Crippen LogP contribution in [-0.2, 0) is 4.79 Å². The molecule has 4 heteroatoms. The fourth-order valence-corrected chi connectivity index (χ4v) is 1.79. The Morgan fingerprint density at radius 1 is 1.44 bits per heavy atom. The summed E-state index contributed by atoms with van der Waals surface area (Å²) in [5, 5.41) is 2.90. The van der Waals surface area contributed by atoms with Crippen LogP contribution in [-0.4, -0.2) is 18.0 Å². The van der Waals surface area contributed by atoms with Gasteiger partial charge in [0.05, 0.1) is 19.0 Å². The van der Waals surface area contributed by atoms with Gasteiger partial charge in [-0.15, -0.1) is 0 Å². The first-order valence-electron chi connectivity index (χ1n) is 6.52. The van der Waals surface area contributed by atoms with Gasteiger partial charge >= 0.3 is 0 Å². The third kappa shape index (κ3) is 4.35. The summed E-state index contributed by atoms with van der Waals surface area (Å²) in [6.07, 6.45) is 5.64. The van der Waals surface area contributed by atoms with Crippen molar-refractivity contribution in [3.05, 3.63) is 18.3 Å². The molecule has 4 nitrogen and oxygen atoms in total. The number of unbranched alkanes of at least 4 members (excludes halogenated alkanes) is 1. The highest BCUT2D eigenvalue weighted by Gasteiger charge is 2.15. The molecule has 0 aromatic carbocycles. The number of amides is 1. The Bertz CT molecular complexity index is 363. The van der Waals surface area contributed by atoms with Crippen molar-refractivity contribution in [2.24, 2.45) is 5.92 Å². The van der Waals surface area contributed by atoms with Crippen molar-refractivity contribution in [3.8, 4) is 5.88 Å². The maximum atomic E-state index is 12.0. The number of methoxy groups -OCH3 is 1. The van der Waals surface area contributed by atoms with E-state index in [0.29, 0.717) is 5.88 Å². The molecule has 0 saturated carbocycles. The van der Waals surface area contributed by atoms with E-state index < -0.39 is 0 Å². The lowest BCUT2D eigenvalue weighted by Gasteiger charge is -2.14. The molecule has 0 radical (unpaired) electrons. The van der Waals surface area contributed by atoms with Gasteiger partial charge in [0.15, 0.2) is 0 Å². The van der Waals surface area contributed by atoms with E-state index in [1.54, 1.807) is 25.4 Å². The van der Waals surface area contributed by atoms with Crippen LogP contribution in [0.5, 0.6) is 5.88 Å². The smallest absolute Gasteiger partial charge is 0.227 e. The molecule has 1 aromatic heterocycles. The Kier molecular flexibility index (Phi) is 6.19. The number of pyridine rings is 1. The van der Waals surface area contributed by atoms with Gasteiger partial charge in [-0.05, 0) is 18.9 Å². The summed E-state index contributed by atoms with van der Waals surface area (Å²) >= 11 is 0. The average Bonchev–Trinajstić information content (AvgIpc) is 2.40. The SMILES string of the molecule is CCCC[C@@H](CC)C(=O)Nc1ccc(OC)nc1. The Balaban J connectivity index is 2.55. The number of aromatic nitrogens is 1. The first kappa shape index (κ1) is 14.5. The molecule has 0 unspecified atom stereocenters. The highest BCUT2D eigenvalue weighted by molar-refractivity contribution is 5.92. The van der Waals surface area contributed by atoms with E-state index in [4.69, 9.17) is 4.74 Å². The summed E-state index contributed by atoms with van der Waals surface area (Å²) in [6, 6.07) is 3.54. The molecular formula is C14H22N2O2. The molecule has 0 aliphatic carbocycles. The zero-order chi connectivity index (χ0) is 13.4. The van der Waals surface area contributed by atoms with Crippen molar-refractivity contribution in [1.82, 2.24) is 4.98 Å². The van der Waals surface area contributed by atoms with Crippen LogP contribution in [0, 0.1) is 5.92 Å². The van der Waals surface area contributed by atoms with E-state index in [9.17, 15) is 4.79 Å². The molecule has 0 aliphatic rings. The summed E-state index contributed by atoms with van der Waals surface area (Å²) in [4.78, 5) is 16.1. The van der Waals surface area contributed by atoms with Crippen LogP contribution >= 0.6 is 0 Å². The second-order valence-electron chi connectivity index (χ2n) is 4.33. The van der Waals surface area contributed by atoms with Gasteiger partial charge in [0, 0.05) is 12.0 Å². The molecule has 0 fully saturated rings. The molecule has 1 aromatic rings. The Labute approximate surface area is 109 Å². The lowest BCUT2D eigenvalue weighted by atomic mass is 9.98. The maximum Gasteiger partial charge on any atom is 0.227 e. The first-order valence-corrected chi connectivity index (χ1v) is 6.52. The van der Waals surface area contributed by atoms with Gasteiger partial charge in [0.2, 0.25) is 11.8 Å². The predicted molar refractivity (Wildman–Crippen MR) is 72.7 cm³/mol. The standard InChI is InChI=1S/C14H22N2O2/c1-4-6-7-11(5-2)14(17)16-12-8-9-13(18-3)15-10-12/h8-11H,4-7H2,1-3H3,(H,16,17)/t11-/m1/s1. The molecule has 1 rings (SSSR count). The van der Waals surface area contributed by atoms with Crippen molar-refractivity contribution in [2.75, 3.05) is 12.4 Å². The van der Waals surface area contributed by atoms with Crippen LogP contribution in [0.2, 0.25) is 0 Å². The second-order valence-corrected chi connectivity index (χ2v) is 4.33. The van der Waals surface area contributed by atoms with Gasteiger partial charge < -0.3 is 10.1 Å². The van der Waals surface area contributed by atoms with Gasteiger partial charge in [-0.1, -0.05) is 26.7 Å². The van der Waals surface area contributed by atoms with Crippen LogP contribution < -0.4 is 10.1 Å². The van der Waals surface area contributed by atoms with E-state index in [0.717, 1.165) is 31.4 Å². The molecule has 1 atom stereocenters. The monoisotopic (exact) mass is 250 g/mol. The van der Waals surface area contributed by atoms with Crippen molar-refractivity contribution >= 4 is 11.6 Å². The summed E-state index contributed by atoms with van der Waals surface area (Å²) in [5.74, 6) is 0.719. The minimum Gasteiger partial charge on any atom is -0.481 e. The number of hydrogen-bond donors (Lipinski definition) is 1. The summed E-state index contributed by atoms with van der Waals surface area (Å²) in [7, 11) is 1.57. The minimum absolute atomic E-state index is 0.0814. The number of carbonyl (C=O) groups excluding carboxylic acids is 1. The molecule has 1 amide bonds. The molecule has 0 saturated heterocycles. The second kappa shape index (κ2) is 7.69. The summed E-state index contributed by atoms with van der Waals surface area (Å²) in [6.45, 7) is 4.18. The van der Waals surface area contributed by atoms with Crippen molar-refractivity contribution in [1.29, 1.82) is 0 Å². The molecule has 0 bridgehead atoms. The first-order chi connectivity index (χ1) is 8.71. The summed E-state index contributed by atoms with van der Waals surface area (Å²) in [5.41, 5.74) is 0.718. The molecule has 18 heavy (non-hydrogen) atoms. The maximum absolute atomic E-state index is 12.0. The van der Waals surface area contributed by atoms with Gasteiger partial charge in [0.25, 0.3) is 0 Å². The number of carbonyl (C=O) groups is 1. The predicted octanol–water partition coefficient (Wildman–Crippen LogP) is 3.25. The van der Waals surface area contributed by atoms with Crippen LogP contribution in [0.1, 0.15) is 39.5 Å². The zero-order valence-electron chi connectivity index (χ0n) is 11.4. The Morgan fingerprint density at radius 2 is 2.22 bits per heavy atom. The highest BCUT2D eigenvalue weighted by Crippen LogP contribution is 2.17. The number of anilines is 1. The highest BCUT2D eigenvalue weighted by atomic mass is 16.5. The number of nitrogens with zero attached hydrogens (tertiary/aromatic N) is 1. The fourth-order valence-electron chi connectivity index (χ4n) is 1.79. The largest absolute Gasteiger partial charge is 0.481 e. The molecule has 1 heterocycles. The van der Waals surface area contributed by atoms with E-state index >= 15 is 0 Å². The lowest BCUT2D eigenvalue weighted by molar-refractivity contribution is -0.120. The van der Waals surface area contributed by atoms with Gasteiger partial charge in [-0.2, -0.15) is 0 Å². The van der Waals surface area contributed by atoms with Crippen LogP contribution in [0.25, 0.3) is 0 Å². The van der Waals surface area contributed by atoms with Crippen molar-refractivity contribution < 1.29 is 9.53 Å². The van der Waals surface area contributed by atoms with Crippen molar-refractivity contribution in [2.45, 2.75) is 39.5 Å². The van der Waals surface area contributed by atoms with Crippen LogP contribution in [0.15, 0.2) is 18.3 Å². The van der Waals surface area contributed by atoms with Gasteiger partial charge in [0.1, 0.15) is 0 Å². The number of rotatable bonds is 7. The number of hydrogen-bond acceptors (Lipinski definition) is 3. The van der Waals surface area contributed by atoms with Crippen molar-refractivity contribution in [3.63, 3.8) is 0 Å². The Morgan fingerprint density at radius 3 is 2.72 bits per heavy atom. The van der Waals surface area contributed by atoms with Crippen LogP contribution in [0.4, 0.5) is 5.69 Å². The van der Waals surface area contributed by atoms with Gasteiger partial charge in [-0.3, -0.25) is 4.79 Å². The van der Waals surface area contributed by atoms with E-state index in [2.05, 4.69) is 17.2 Å². The molecule has 1 N–H and O–H groups in total. The van der Waals surface area contributed by atoms with E-state index in [1.807, 2.05) is 6.92 Å². The molecule has 0 spiro atoms. The van der Waals surface area contributed by atoms with Crippen LogP contribution in [0.3, 0.4) is 0 Å². The normalized spacial score (nSPS) is 11.9. The topological polar surface area (TPSA) is 51.2 Å². The quantitative estimate of drug-likeness (QED) is 0.808. The number of ether oxygens (including phenoxy) is 1. The van der Waals surface area contributed by atoms with Gasteiger partial charge in [-0.25, -0.2) is 4.98 Å². The Hall–Kier alpha value is -1.58. The molecular weight excluding hydrogens is 228 g/mol. The molecule has 100 valence electrons. The van der Waals surface area contributed by atoms with E-state index in [-0.39, 0.29) is 11.8 Å². The average molecular weight is 250 g/mol. The third-order valence-electron chi connectivity index (χ3n) is 2.98. The van der Waals surface area contributed by atoms with E-state index in [1.165, 1.54) is 0 Å². The molecule has 0 aliphatic heterocycles. The zero-order valence-corrected chi connectivity index (χ0v) is 11.4.